The number of rotatable bonds is 4. The number of halogens is 2. The van der Waals surface area contributed by atoms with Gasteiger partial charge in [0.25, 0.3) is 5.56 Å². The molecule has 4 heterocycles. The first-order valence-electron chi connectivity index (χ1n) is 11.0. The summed E-state index contributed by atoms with van der Waals surface area (Å²) in [6.07, 6.45) is 3.08. The Bertz CT molecular complexity index is 1250. The fraction of sp³-hybridized carbons (Fsp3) is 0.375. The zero-order valence-electron chi connectivity index (χ0n) is 18.4. The van der Waals surface area contributed by atoms with Gasteiger partial charge in [0.1, 0.15) is 17.7 Å². The molecule has 0 unspecified atom stereocenters. The van der Waals surface area contributed by atoms with E-state index in [1.165, 1.54) is 22.8 Å². The highest BCUT2D eigenvalue weighted by molar-refractivity contribution is 5.74. The molecule has 7 nitrogen and oxygen atoms in total. The lowest BCUT2D eigenvalue weighted by Gasteiger charge is -2.38. The fourth-order valence-electron chi connectivity index (χ4n) is 4.88. The topological polar surface area (TPSA) is 83.3 Å². The number of phenols is 1. The number of phenolic OH excluding ortho intramolecular Hbond substituents is 1. The minimum absolute atomic E-state index is 0.118. The number of fused-ring (bicyclic) bond motifs is 2. The van der Waals surface area contributed by atoms with Crippen LogP contribution in [0.3, 0.4) is 0 Å². The second-order valence-corrected chi connectivity index (χ2v) is 8.90. The number of hydrogen-bond acceptors (Lipinski definition) is 6. The van der Waals surface area contributed by atoms with Gasteiger partial charge in [0.05, 0.1) is 11.7 Å². The number of alkyl halides is 1. The number of pyridine rings is 1. The van der Waals surface area contributed by atoms with Gasteiger partial charge < -0.3 is 19.9 Å². The highest BCUT2D eigenvalue weighted by Crippen LogP contribution is 2.36. The van der Waals surface area contributed by atoms with Crippen LogP contribution in [0, 0.1) is 5.82 Å². The predicted octanol–water partition coefficient (Wildman–Crippen LogP) is 3.02. The van der Waals surface area contributed by atoms with E-state index in [-0.39, 0.29) is 34.5 Å². The molecular weight excluding hydrogens is 428 g/mol. The summed E-state index contributed by atoms with van der Waals surface area (Å²) >= 11 is 0. The quantitative estimate of drug-likeness (QED) is 0.632. The summed E-state index contributed by atoms with van der Waals surface area (Å²) in [5, 5.41) is 22.3. The van der Waals surface area contributed by atoms with Crippen LogP contribution >= 0.6 is 0 Å². The van der Waals surface area contributed by atoms with E-state index in [0.29, 0.717) is 29.5 Å². The highest BCUT2D eigenvalue weighted by atomic mass is 19.1. The van der Waals surface area contributed by atoms with Crippen molar-refractivity contribution in [2.45, 2.75) is 43.6 Å². The third kappa shape index (κ3) is 3.86. The maximum atomic E-state index is 14.9. The van der Waals surface area contributed by atoms with E-state index >= 15 is 0 Å². The maximum Gasteiger partial charge on any atom is 0.250 e. The lowest BCUT2D eigenvalue weighted by molar-refractivity contribution is 0.176. The van der Waals surface area contributed by atoms with Crippen LogP contribution < -0.4 is 15.8 Å². The molecule has 2 saturated heterocycles. The molecule has 172 valence electrons. The van der Waals surface area contributed by atoms with Crippen LogP contribution in [0.15, 0.2) is 47.4 Å². The maximum absolute atomic E-state index is 14.9. The molecule has 0 spiro atoms. The van der Waals surface area contributed by atoms with Crippen molar-refractivity contribution in [3.05, 3.63) is 58.8 Å². The molecule has 2 bridgehead atoms. The van der Waals surface area contributed by atoms with Crippen molar-refractivity contribution in [1.82, 2.24) is 20.1 Å². The molecule has 2 aliphatic rings. The van der Waals surface area contributed by atoms with Crippen molar-refractivity contribution < 1.29 is 13.9 Å². The van der Waals surface area contributed by atoms with Gasteiger partial charge in [0, 0.05) is 49.6 Å². The smallest absolute Gasteiger partial charge is 0.250 e. The standard InChI is InChI=1S/C24H25F2N5O2/c1-30-8-7-13(9-23(30)33)15-12-21(32)16(11-17(15)25)18-5-6-22(29-28-18)31(2)20-10-14-3-4-19(27-14)24(20)26/h5-9,11-12,14,19-20,24,27,32H,3-4,10H2,1-2H3/t14-,19+,20-,24+/m1/s1. The Kier molecular flexibility index (Phi) is 5.36. The second kappa shape index (κ2) is 8.22. The van der Waals surface area contributed by atoms with Crippen molar-refractivity contribution in [3.63, 3.8) is 0 Å². The zero-order valence-corrected chi connectivity index (χ0v) is 18.4. The first kappa shape index (κ1) is 21.5. The Morgan fingerprint density at radius 3 is 2.70 bits per heavy atom. The third-order valence-corrected chi connectivity index (χ3v) is 6.84. The molecule has 33 heavy (non-hydrogen) atoms. The number of aromatic nitrogens is 3. The van der Waals surface area contributed by atoms with E-state index in [1.807, 2.05) is 11.9 Å². The second-order valence-electron chi connectivity index (χ2n) is 8.90. The number of nitrogens with one attached hydrogen (secondary N) is 1. The molecule has 3 aromatic rings. The molecule has 2 N–H and O–H groups in total. The SMILES string of the molecule is CN(c1ccc(-c2cc(F)c(-c3ccn(C)c(=O)c3)cc2O)nn1)[C@@H]1C[C@H]2CC[C@H](N2)[C@@H]1F. The number of nitrogens with zero attached hydrogens (tertiary/aromatic N) is 4. The van der Waals surface area contributed by atoms with Gasteiger partial charge in [-0.15, -0.1) is 10.2 Å². The monoisotopic (exact) mass is 453 g/mol. The predicted molar refractivity (Wildman–Crippen MR) is 121 cm³/mol. The average Bonchev–Trinajstić information content (AvgIpc) is 3.22. The minimum Gasteiger partial charge on any atom is -0.507 e. The van der Waals surface area contributed by atoms with Gasteiger partial charge >= 0.3 is 0 Å². The Labute approximate surface area is 189 Å². The number of anilines is 1. The average molecular weight is 453 g/mol. The van der Waals surface area contributed by atoms with Crippen LogP contribution in [0.1, 0.15) is 19.3 Å². The summed E-state index contributed by atoms with van der Waals surface area (Å²) in [5.74, 6) is -0.254. The van der Waals surface area contributed by atoms with Crippen molar-refractivity contribution in [1.29, 1.82) is 0 Å². The van der Waals surface area contributed by atoms with Crippen LogP contribution in [0.2, 0.25) is 0 Å². The third-order valence-electron chi connectivity index (χ3n) is 6.84. The van der Waals surface area contributed by atoms with Gasteiger partial charge in [0.15, 0.2) is 5.82 Å². The van der Waals surface area contributed by atoms with E-state index in [9.17, 15) is 18.7 Å². The molecule has 4 atom stereocenters. The van der Waals surface area contributed by atoms with E-state index in [1.54, 1.807) is 31.4 Å². The van der Waals surface area contributed by atoms with Crippen LogP contribution in [-0.2, 0) is 7.05 Å². The molecule has 1 aromatic carbocycles. The molecule has 2 aromatic heterocycles. The molecule has 9 heteroatoms. The molecule has 0 radical (unpaired) electrons. The molecule has 5 rings (SSSR count). The summed E-state index contributed by atoms with van der Waals surface area (Å²) in [7, 11) is 3.41. The number of benzene rings is 1. The van der Waals surface area contributed by atoms with E-state index in [2.05, 4.69) is 15.5 Å². The van der Waals surface area contributed by atoms with E-state index in [0.717, 1.165) is 12.8 Å². The van der Waals surface area contributed by atoms with Crippen molar-refractivity contribution in [2.75, 3.05) is 11.9 Å². The van der Waals surface area contributed by atoms with E-state index in [4.69, 9.17) is 0 Å². The van der Waals surface area contributed by atoms with Gasteiger partial charge in [-0.3, -0.25) is 4.79 Å². The highest BCUT2D eigenvalue weighted by Gasteiger charge is 2.43. The van der Waals surface area contributed by atoms with Gasteiger partial charge in [0.2, 0.25) is 0 Å². The van der Waals surface area contributed by atoms with Crippen LogP contribution in [0.4, 0.5) is 14.6 Å². The fourth-order valence-corrected chi connectivity index (χ4v) is 4.88. The molecule has 2 aliphatic heterocycles. The molecule has 2 fully saturated rings. The lowest BCUT2D eigenvalue weighted by atomic mass is 9.96. The van der Waals surface area contributed by atoms with Crippen molar-refractivity contribution >= 4 is 5.82 Å². The van der Waals surface area contributed by atoms with E-state index < -0.39 is 12.0 Å². The largest absolute Gasteiger partial charge is 0.507 e. The van der Waals surface area contributed by atoms with Crippen molar-refractivity contribution in [3.8, 4) is 28.1 Å². The van der Waals surface area contributed by atoms with Crippen LogP contribution in [0.25, 0.3) is 22.4 Å². The minimum atomic E-state index is -0.990. The summed E-state index contributed by atoms with van der Waals surface area (Å²) in [4.78, 5) is 13.7. The van der Waals surface area contributed by atoms with Crippen LogP contribution in [0.5, 0.6) is 5.75 Å². The zero-order chi connectivity index (χ0) is 23.3. The molecule has 0 saturated carbocycles. The number of aryl methyl sites for hydroxylation is 1. The summed E-state index contributed by atoms with van der Waals surface area (Å²) in [6.45, 7) is 0. The van der Waals surface area contributed by atoms with Gasteiger partial charge in [-0.1, -0.05) is 0 Å². The Hall–Kier alpha value is -3.33. The summed E-state index contributed by atoms with van der Waals surface area (Å²) in [6, 6.07) is 8.63. The first-order valence-corrected chi connectivity index (χ1v) is 11.0. The van der Waals surface area contributed by atoms with Crippen LogP contribution in [-0.4, -0.2) is 51.2 Å². The Balaban J connectivity index is 1.40. The number of hydrogen-bond donors (Lipinski definition) is 2. The summed E-state index contributed by atoms with van der Waals surface area (Å²) in [5.41, 5.74) is 0.689. The number of aromatic hydroxyl groups is 1. The Morgan fingerprint density at radius 2 is 1.97 bits per heavy atom. The molecule has 0 amide bonds. The molecule has 0 aliphatic carbocycles. The lowest BCUT2D eigenvalue weighted by Crippen LogP contribution is -2.55. The Morgan fingerprint density at radius 1 is 1.15 bits per heavy atom. The van der Waals surface area contributed by atoms with Gasteiger partial charge in [-0.25, -0.2) is 8.78 Å². The normalized spacial score (nSPS) is 24.1. The van der Waals surface area contributed by atoms with Crippen molar-refractivity contribution in [2.24, 2.45) is 7.05 Å². The summed E-state index contributed by atoms with van der Waals surface area (Å²) < 4.78 is 31.2. The number of piperidine rings is 1. The van der Waals surface area contributed by atoms with Gasteiger partial charge in [-0.2, -0.15) is 0 Å². The van der Waals surface area contributed by atoms with Gasteiger partial charge in [-0.05, 0) is 55.2 Å². The molecular formula is C24H25F2N5O2. The first-order chi connectivity index (χ1) is 15.8.